The molecule has 0 aliphatic heterocycles. The normalized spacial score (nSPS) is 29.0. The van der Waals surface area contributed by atoms with Gasteiger partial charge < -0.3 is 5.32 Å². The average Bonchev–Trinajstić information content (AvgIpc) is 2.79. The summed E-state index contributed by atoms with van der Waals surface area (Å²) in [6, 6.07) is 7.44. The Balaban J connectivity index is 1.17. The Bertz CT molecular complexity index is 1100. The van der Waals surface area contributed by atoms with Crippen molar-refractivity contribution in [3.8, 4) is 11.3 Å². The number of amides is 1. The van der Waals surface area contributed by atoms with Gasteiger partial charge in [-0.3, -0.25) is 4.79 Å². The van der Waals surface area contributed by atoms with Crippen molar-refractivity contribution in [2.75, 3.05) is 12.3 Å². The second-order valence-corrected chi connectivity index (χ2v) is 11.8. The fourth-order valence-electron chi connectivity index (χ4n) is 7.42. The molecule has 180 valence electrons. The highest BCUT2D eigenvalue weighted by Crippen LogP contribution is 2.59. The van der Waals surface area contributed by atoms with Gasteiger partial charge in [-0.15, -0.1) is 0 Å². The predicted molar refractivity (Wildman–Crippen MR) is 124 cm³/mol. The standard InChI is InChI=1S/C26H28F3N3OS/c27-26(28,29)23-20-6-5-18-3-1-2-4-19(18)22(20)31-24(32-23)34-13-21(33)30-14-25-10-15-7-16(11-25)9-17(8-15)12-25/h1-4,15-17H,5-14H2,(H,30,33). The first-order valence-corrected chi connectivity index (χ1v) is 13.2. The van der Waals surface area contributed by atoms with E-state index in [0.717, 1.165) is 40.6 Å². The molecule has 4 saturated carbocycles. The van der Waals surface area contributed by atoms with Gasteiger partial charge in [-0.1, -0.05) is 36.0 Å². The number of aryl methyl sites for hydroxylation is 1. The van der Waals surface area contributed by atoms with Crippen molar-refractivity contribution < 1.29 is 18.0 Å². The lowest BCUT2D eigenvalue weighted by Gasteiger charge is -2.56. The van der Waals surface area contributed by atoms with Crippen LogP contribution < -0.4 is 5.32 Å². The number of fused-ring (bicyclic) bond motifs is 3. The number of alkyl halides is 3. The van der Waals surface area contributed by atoms with Crippen LogP contribution in [-0.4, -0.2) is 28.2 Å². The molecule has 0 spiro atoms. The number of carbonyl (C=O) groups excluding carboxylic acids is 1. The summed E-state index contributed by atoms with van der Waals surface area (Å²) in [4.78, 5) is 21.0. The van der Waals surface area contributed by atoms with Crippen LogP contribution in [0.3, 0.4) is 0 Å². The summed E-state index contributed by atoms with van der Waals surface area (Å²) >= 11 is 0.989. The molecule has 2 aromatic rings. The molecule has 5 aliphatic carbocycles. The molecular formula is C26H28F3N3OS. The predicted octanol–water partition coefficient (Wildman–Crippen LogP) is 5.69. The third kappa shape index (κ3) is 4.12. The van der Waals surface area contributed by atoms with Crippen LogP contribution in [0.4, 0.5) is 13.2 Å². The average molecular weight is 488 g/mol. The van der Waals surface area contributed by atoms with Crippen molar-refractivity contribution in [2.24, 2.45) is 23.2 Å². The first-order chi connectivity index (χ1) is 16.3. The van der Waals surface area contributed by atoms with Gasteiger partial charge in [-0.25, -0.2) is 9.97 Å². The van der Waals surface area contributed by atoms with Crippen molar-refractivity contribution in [1.82, 2.24) is 15.3 Å². The van der Waals surface area contributed by atoms with Gasteiger partial charge >= 0.3 is 6.18 Å². The van der Waals surface area contributed by atoms with Crippen LogP contribution in [0.1, 0.15) is 55.3 Å². The van der Waals surface area contributed by atoms with Crippen LogP contribution >= 0.6 is 11.8 Å². The molecule has 0 saturated heterocycles. The zero-order chi connectivity index (χ0) is 23.5. The summed E-state index contributed by atoms with van der Waals surface area (Å²) < 4.78 is 41.5. The Morgan fingerprint density at radius 2 is 1.71 bits per heavy atom. The lowest BCUT2D eigenvalue weighted by Crippen LogP contribution is -2.51. The van der Waals surface area contributed by atoms with Gasteiger partial charge in [0, 0.05) is 17.7 Å². The fourth-order valence-corrected chi connectivity index (χ4v) is 8.10. The topological polar surface area (TPSA) is 54.9 Å². The summed E-state index contributed by atoms with van der Waals surface area (Å²) in [5, 5.41) is 3.10. The molecule has 1 amide bonds. The molecule has 1 heterocycles. The van der Waals surface area contributed by atoms with Crippen LogP contribution in [0.5, 0.6) is 0 Å². The van der Waals surface area contributed by atoms with E-state index in [4.69, 9.17) is 0 Å². The molecule has 4 fully saturated rings. The largest absolute Gasteiger partial charge is 0.433 e. The van der Waals surface area contributed by atoms with E-state index in [1.165, 1.54) is 38.5 Å². The van der Waals surface area contributed by atoms with Crippen LogP contribution in [0, 0.1) is 23.2 Å². The van der Waals surface area contributed by atoms with Gasteiger partial charge in [-0.2, -0.15) is 13.2 Å². The Morgan fingerprint density at radius 3 is 2.38 bits per heavy atom. The Morgan fingerprint density at radius 1 is 1.03 bits per heavy atom. The highest BCUT2D eigenvalue weighted by atomic mass is 32.2. The maximum atomic E-state index is 13.8. The molecule has 4 nitrogen and oxygen atoms in total. The second-order valence-electron chi connectivity index (χ2n) is 10.8. The quantitative estimate of drug-likeness (QED) is 0.435. The number of halogens is 3. The third-order valence-corrected chi connectivity index (χ3v) is 9.18. The third-order valence-electron chi connectivity index (χ3n) is 8.33. The van der Waals surface area contributed by atoms with E-state index >= 15 is 0 Å². The molecular weight excluding hydrogens is 459 g/mol. The van der Waals surface area contributed by atoms with E-state index < -0.39 is 11.9 Å². The van der Waals surface area contributed by atoms with Crippen LogP contribution in [-0.2, 0) is 23.8 Å². The molecule has 34 heavy (non-hydrogen) atoms. The Labute approximate surface area is 201 Å². The second kappa shape index (κ2) is 8.25. The van der Waals surface area contributed by atoms with Crippen LogP contribution in [0.25, 0.3) is 11.3 Å². The smallest absolute Gasteiger partial charge is 0.355 e. The number of hydrogen-bond donors (Lipinski definition) is 1. The number of carbonyl (C=O) groups is 1. The van der Waals surface area contributed by atoms with Crippen LogP contribution in [0.2, 0.25) is 0 Å². The van der Waals surface area contributed by atoms with Crippen LogP contribution in [0.15, 0.2) is 29.4 Å². The Hall–Kier alpha value is -2.09. The van der Waals surface area contributed by atoms with E-state index in [2.05, 4.69) is 15.3 Å². The molecule has 0 atom stereocenters. The van der Waals surface area contributed by atoms with Crippen molar-refractivity contribution in [3.63, 3.8) is 0 Å². The highest BCUT2D eigenvalue weighted by Gasteiger charge is 2.50. The number of nitrogens with zero attached hydrogens (tertiary/aromatic N) is 2. The minimum atomic E-state index is -4.56. The molecule has 7 rings (SSSR count). The molecule has 0 radical (unpaired) electrons. The van der Waals surface area contributed by atoms with Crippen molar-refractivity contribution >= 4 is 17.7 Å². The number of hydrogen-bond acceptors (Lipinski definition) is 4. The molecule has 1 aromatic heterocycles. The lowest BCUT2D eigenvalue weighted by atomic mass is 9.49. The summed E-state index contributed by atoms with van der Waals surface area (Å²) in [5.41, 5.74) is 1.58. The van der Waals surface area contributed by atoms with Gasteiger partial charge in [0.2, 0.25) is 5.91 Å². The number of nitrogens with one attached hydrogen (secondary N) is 1. The van der Waals surface area contributed by atoms with Gasteiger partial charge in [0.1, 0.15) is 0 Å². The van der Waals surface area contributed by atoms with Gasteiger partial charge in [-0.05, 0) is 80.1 Å². The maximum absolute atomic E-state index is 13.8. The first kappa shape index (κ1) is 22.4. The lowest BCUT2D eigenvalue weighted by molar-refractivity contribution is -0.142. The summed E-state index contributed by atoms with van der Waals surface area (Å²) in [6.45, 7) is 0.683. The van der Waals surface area contributed by atoms with E-state index in [1.54, 1.807) is 0 Å². The molecule has 5 aliphatic rings. The first-order valence-electron chi connectivity index (χ1n) is 12.2. The molecule has 8 heteroatoms. The molecule has 1 aromatic carbocycles. The van der Waals surface area contributed by atoms with E-state index in [1.807, 2.05) is 24.3 Å². The zero-order valence-corrected chi connectivity index (χ0v) is 19.8. The zero-order valence-electron chi connectivity index (χ0n) is 19.0. The van der Waals surface area contributed by atoms with Gasteiger partial charge in [0.25, 0.3) is 0 Å². The number of rotatable bonds is 5. The number of aromatic nitrogens is 2. The van der Waals surface area contributed by atoms with E-state index in [-0.39, 0.29) is 34.2 Å². The molecule has 1 N–H and O–H groups in total. The maximum Gasteiger partial charge on any atom is 0.433 e. The molecule has 0 unspecified atom stereocenters. The van der Waals surface area contributed by atoms with Crippen molar-refractivity contribution in [2.45, 2.75) is 62.7 Å². The number of thioether (sulfide) groups is 1. The van der Waals surface area contributed by atoms with Crippen molar-refractivity contribution in [3.05, 3.63) is 41.1 Å². The monoisotopic (exact) mass is 487 g/mol. The molecule has 4 bridgehead atoms. The van der Waals surface area contributed by atoms with E-state index in [0.29, 0.717) is 18.7 Å². The van der Waals surface area contributed by atoms with Gasteiger partial charge in [0.15, 0.2) is 10.9 Å². The van der Waals surface area contributed by atoms with Crippen molar-refractivity contribution in [1.29, 1.82) is 0 Å². The highest BCUT2D eigenvalue weighted by molar-refractivity contribution is 7.99. The fraction of sp³-hybridized carbons (Fsp3) is 0.577. The SMILES string of the molecule is O=C(CSc1nc2c(c(C(F)(F)F)n1)CCc1ccccc1-2)NCC12CC3CC(CC(C3)C1)C2. The summed E-state index contributed by atoms with van der Waals surface area (Å²) in [5.74, 6) is 2.29. The number of benzene rings is 1. The Kier molecular flexibility index (Phi) is 5.43. The summed E-state index contributed by atoms with van der Waals surface area (Å²) in [7, 11) is 0. The van der Waals surface area contributed by atoms with Gasteiger partial charge in [0.05, 0.1) is 11.4 Å². The summed E-state index contributed by atoms with van der Waals surface area (Å²) in [6.07, 6.45) is 3.90. The van der Waals surface area contributed by atoms with E-state index in [9.17, 15) is 18.0 Å². The minimum Gasteiger partial charge on any atom is -0.355 e. The minimum absolute atomic E-state index is 0.00716.